The van der Waals surface area contributed by atoms with Crippen molar-refractivity contribution in [1.29, 1.82) is 0 Å². The molecule has 7 nitrogen and oxygen atoms in total. The molecule has 0 atom stereocenters. The molecule has 0 bridgehead atoms. The molecule has 33 heavy (non-hydrogen) atoms. The predicted molar refractivity (Wildman–Crippen MR) is 131 cm³/mol. The Morgan fingerprint density at radius 1 is 0.909 bits per heavy atom. The van der Waals surface area contributed by atoms with Crippen molar-refractivity contribution in [3.05, 3.63) is 59.7 Å². The number of nitrogens with one attached hydrogen (secondary N) is 1. The van der Waals surface area contributed by atoms with Crippen LogP contribution in [0.1, 0.15) is 30.4 Å². The highest BCUT2D eigenvalue weighted by Crippen LogP contribution is 2.21. The summed E-state index contributed by atoms with van der Waals surface area (Å²) in [6.45, 7) is 6.38. The number of sulfonamides is 1. The van der Waals surface area contributed by atoms with E-state index in [2.05, 4.69) is 28.2 Å². The molecule has 0 spiro atoms. The standard InChI is InChI=1S/C25H34N4O3S/c1-27-15-17-28(18-16-27)20-22-5-4-6-23(19-22)26-25(30)12-9-21-7-10-24(11-8-21)33(31,32)29-13-2-3-14-29/h4-8,10-11,19H,2-3,9,12-18,20H2,1H3,(H,26,30). The van der Waals surface area contributed by atoms with Crippen LogP contribution in [0.15, 0.2) is 53.4 Å². The van der Waals surface area contributed by atoms with Gasteiger partial charge in [-0.05, 0) is 61.7 Å². The van der Waals surface area contributed by atoms with Crippen LogP contribution in [0.25, 0.3) is 0 Å². The number of aryl methyl sites for hydroxylation is 1. The molecule has 178 valence electrons. The first kappa shape index (κ1) is 23.9. The zero-order valence-electron chi connectivity index (χ0n) is 19.4. The molecule has 2 aromatic rings. The third-order valence-electron chi connectivity index (χ3n) is 6.48. The lowest BCUT2D eigenvalue weighted by Gasteiger charge is -2.32. The number of benzene rings is 2. The number of rotatable bonds is 8. The van der Waals surface area contributed by atoms with Gasteiger partial charge in [-0.3, -0.25) is 9.69 Å². The van der Waals surface area contributed by atoms with E-state index in [0.717, 1.165) is 56.8 Å². The molecular weight excluding hydrogens is 436 g/mol. The van der Waals surface area contributed by atoms with Crippen LogP contribution < -0.4 is 5.32 Å². The maximum absolute atomic E-state index is 12.6. The number of anilines is 1. The number of hydrogen-bond acceptors (Lipinski definition) is 5. The summed E-state index contributed by atoms with van der Waals surface area (Å²) in [6.07, 6.45) is 2.76. The van der Waals surface area contributed by atoms with E-state index in [1.165, 1.54) is 5.56 Å². The minimum Gasteiger partial charge on any atom is -0.326 e. The molecule has 0 aliphatic carbocycles. The Hall–Kier alpha value is -2.26. The first-order chi connectivity index (χ1) is 15.9. The topological polar surface area (TPSA) is 73.0 Å². The first-order valence-corrected chi connectivity index (χ1v) is 13.2. The van der Waals surface area contributed by atoms with Crippen molar-refractivity contribution in [2.24, 2.45) is 0 Å². The van der Waals surface area contributed by atoms with Crippen LogP contribution in [0.5, 0.6) is 0 Å². The van der Waals surface area contributed by atoms with E-state index in [9.17, 15) is 13.2 Å². The second-order valence-corrected chi connectivity index (χ2v) is 11.0. The fourth-order valence-electron chi connectivity index (χ4n) is 4.40. The van der Waals surface area contributed by atoms with Gasteiger partial charge < -0.3 is 10.2 Å². The van der Waals surface area contributed by atoms with Crippen molar-refractivity contribution >= 4 is 21.6 Å². The van der Waals surface area contributed by atoms with E-state index in [0.29, 0.717) is 30.8 Å². The average Bonchev–Trinajstić information content (AvgIpc) is 3.36. The van der Waals surface area contributed by atoms with Crippen LogP contribution in [-0.2, 0) is 27.8 Å². The van der Waals surface area contributed by atoms with Crippen LogP contribution in [0.4, 0.5) is 5.69 Å². The van der Waals surface area contributed by atoms with E-state index >= 15 is 0 Å². The van der Waals surface area contributed by atoms with Gasteiger partial charge in [0.25, 0.3) is 0 Å². The quantitative estimate of drug-likeness (QED) is 0.642. The van der Waals surface area contributed by atoms with E-state index in [-0.39, 0.29) is 5.91 Å². The summed E-state index contributed by atoms with van der Waals surface area (Å²) in [5.41, 5.74) is 2.97. The molecule has 2 aliphatic rings. The zero-order chi connectivity index (χ0) is 23.3. The average molecular weight is 471 g/mol. The molecule has 2 aliphatic heterocycles. The molecule has 0 unspecified atom stereocenters. The van der Waals surface area contributed by atoms with Gasteiger partial charge in [-0.15, -0.1) is 0 Å². The van der Waals surface area contributed by atoms with Crippen LogP contribution in [-0.4, -0.2) is 74.7 Å². The molecule has 1 amide bonds. The number of piperazine rings is 1. The van der Waals surface area contributed by atoms with Crippen molar-refractivity contribution in [2.75, 3.05) is 51.6 Å². The summed E-state index contributed by atoms with van der Waals surface area (Å²) in [4.78, 5) is 17.6. The monoisotopic (exact) mass is 470 g/mol. The van der Waals surface area contributed by atoms with Gasteiger partial charge in [0.1, 0.15) is 0 Å². The molecule has 0 saturated carbocycles. The summed E-state index contributed by atoms with van der Waals surface area (Å²) in [5.74, 6) is -0.0412. The van der Waals surface area contributed by atoms with Gasteiger partial charge in [0.2, 0.25) is 15.9 Å². The molecule has 0 aromatic heterocycles. The Morgan fingerprint density at radius 3 is 2.30 bits per heavy atom. The van der Waals surface area contributed by atoms with E-state index < -0.39 is 10.0 Å². The SMILES string of the molecule is CN1CCN(Cc2cccc(NC(=O)CCc3ccc(S(=O)(=O)N4CCCC4)cc3)c2)CC1. The van der Waals surface area contributed by atoms with Crippen LogP contribution in [0.3, 0.4) is 0 Å². The Kier molecular flexibility index (Phi) is 7.80. The van der Waals surface area contributed by atoms with Crippen molar-refractivity contribution in [2.45, 2.75) is 37.1 Å². The van der Waals surface area contributed by atoms with Gasteiger partial charge >= 0.3 is 0 Å². The number of nitrogens with zero attached hydrogens (tertiary/aromatic N) is 3. The molecule has 1 N–H and O–H groups in total. The highest BCUT2D eigenvalue weighted by Gasteiger charge is 2.26. The molecular formula is C25H34N4O3S. The smallest absolute Gasteiger partial charge is 0.243 e. The summed E-state index contributed by atoms with van der Waals surface area (Å²) in [6, 6.07) is 15.0. The molecule has 2 aromatic carbocycles. The lowest BCUT2D eigenvalue weighted by atomic mass is 10.1. The second-order valence-electron chi connectivity index (χ2n) is 9.08. The minimum atomic E-state index is -3.40. The number of hydrogen-bond donors (Lipinski definition) is 1. The highest BCUT2D eigenvalue weighted by molar-refractivity contribution is 7.89. The predicted octanol–water partition coefficient (Wildman–Crippen LogP) is 2.79. The van der Waals surface area contributed by atoms with Gasteiger partial charge in [-0.25, -0.2) is 8.42 Å². The van der Waals surface area contributed by atoms with Gasteiger partial charge in [-0.1, -0.05) is 24.3 Å². The Bertz CT molecular complexity index is 1040. The summed E-state index contributed by atoms with van der Waals surface area (Å²) >= 11 is 0. The van der Waals surface area contributed by atoms with Gasteiger partial charge in [0.15, 0.2) is 0 Å². The molecule has 2 heterocycles. The molecule has 2 fully saturated rings. The number of amides is 1. The molecule has 2 saturated heterocycles. The van der Waals surface area contributed by atoms with E-state index in [1.54, 1.807) is 16.4 Å². The van der Waals surface area contributed by atoms with Crippen LogP contribution in [0.2, 0.25) is 0 Å². The Balaban J connectivity index is 1.27. The summed E-state index contributed by atoms with van der Waals surface area (Å²) < 4.78 is 26.8. The third kappa shape index (κ3) is 6.41. The Labute approximate surface area is 197 Å². The number of likely N-dealkylation sites (N-methyl/N-ethyl adjacent to an activating group) is 1. The zero-order valence-corrected chi connectivity index (χ0v) is 20.2. The fraction of sp³-hybridized carbons (Fsp3) is 0.480. The normalized spacial score (nSPS) is 18.5. The third-order valence-corrected chi connectivity index (χ3v) is 8.39. The summed E-state index contributed by atoms with van der Waals surface area (Å²) in [7, 11) is -1.25. The van der Waals surface area contributed by atoms with Crippen molar-refractivity contribution < 1.29 is 13.2 Å². The molecule has 0 radical (unpaired) electrons. The maximum Gasteiger partial charge on any atom is 0.243 e. The second kappa shape index (κ2) is 10.8. The minimum absolute atomic E-state index is 0.0412. The molecule has 8 heteroatoms. The van der Waals surface area contributed by atoms with Gasteiger partial charge in [0.05, 0.1) is 4.90 Å². The van der Waals surface area contributed by atoms with Crippen molar-refractivity contribution in [3.63, 3.8) is 0 Å². The lowest BCUT2D eigenvalue weighted by molar-refractivity contribution is -0.116. The Morgan fingerprint density at radius 2 is 1.61 bits per heavy atom. The number of carbonyl (C=O) groups is 1. The van der Waals surface area contributed by atoms with Crippen LogP contribution >= 0.6 is 0 Å². The summed E-state index contributed by atoms with van der Waals surface area (Å²) in [5, 5.41) is 3.00. The van der Waals surface area contributed by atoms with Crippen LogP contribution in [0, 0.1) is 0 Å². The molecule has 4 rings (SSSR count). The van der Waals surface area contributed by atoms with Crippen molar-refractivity contribution in [1.82, 2.24) is 14.1 Å². The largest absolute Gasteiger partial charge is 0.326 e. The van der Waals surface area contributed by atoms with Gasteiger partial charge in [0, 0.05) is 57.9 Å². The van der Waals surface area contributed by atoms with Crippen molar-refractivity contribution in [3.8, 4) is 0 Å². The van der Waals surface area contributed by atoms with E-state index in [1.807, 2.05) is 30.3 Å². The fourth-order valence-corrected chi connectivity index (χ4v) is 5.92. The highest BCUT2D eigenvalue weighted by atomic mass is 32.2. The van der Waals surface area contributed by atoms with Gasteiger partial charge in [-0.2, -0.15) is 4.31 Å². The lowest BCUT2D eigenvalue weighted by Crippen LogP contribution is -2.43. The first-order valence-electron chi connectivity index (χ1n) is 11.8. The maximum atomic E-state index is 12.6. The van der Waals surface area contributed by atoms with E-state index in [4.69, 9.17) is 0 Å². The number of carbonyl (C=O) groups excluding carboxylic acids is 1.